The average Bonchev–Trinajstić information content (AvgIpc) is 3.30. The lowest BCUT2D eigenvalue weighted by Crippen LogP contribution is -2.54. The molecule has 4 aliphatic rings. The largest absolute Gasteiger partial charge is 0.393 e. The number of fused-ring (bicyclic) bond motifs is 5. The number of aliphatic hydroxyl groups is 1. The monoisotopic (exact) mass is 574 g/mol. The number of rotatable bonds is 14. The zero-order valence-corrected chi connectivity index (χ0v) is 26.3. The number of aliphatic hydroxyl groups excluding tert-OH is 1. The van der Waals surface area contributed by atoms with E-state index in [2.05, 4.69) is 38.0 Å². The number of hydrogen-bond acceptors (Lipinski definition) is 5. The standard InChI is InChI=1S/C34H58N2O5/c1-23(2)32(39)36-17-19-41-21-20-40-18-16-35-31(38)11-6-24(3)28-9-10-29-27-8-7-25-22-26(37)12-14-33(25,4)30(27)13-15-34(28,29)5/h24-30,37H,1,6-22H2,2-5H3,(H,35,38)(H,36,39)/t24?,25?,26-,27?,28-,29?,30?,33+,34-/m1/s1. The molecular formula is C34H58N2O5. The topological polar surface area (TPSA) is 96.9 Å². The van der Waals surface area contributed by atoms with E-state index in [0.29, 0.717) is 68.3 Å². The van der Waals surface area contributed by atoms with Crippen LogP contribution in [0.5, 0.6) is 0 Å². The van der Waals surface area contributed by atoms with Crippen molar-refractivity contribution in [2.45, 2.75) is 104 Å². The van der Waals surface area contributed by atoms with Crippen LogP contribution in [-0.4, -0.2) is 62.5 Å². The second-order valence-corrected chi connectivity index (χ2v) is 14.4. The van der Waals surface area contributed by atoms with Crippen LogP contribution in [0.25, 0.3) is 0 Å². The van der Waals surface area contributed by atoms with Gasteiger partial charge < -0.3 is 25.2 Å². The van der Waals surface area contributed by atoms with Crippen LogP contribution in [0.15, 0.2) is 12.2 Å². The van der Waals surface area contributed by atoms with Gasteiger partial charge in [-0.15, -0.1) is 0 Å². The third-order valence-corrected chi connectivity index (χ3v) is 12.1. The van der Waals surface area contributed by atoms with Crippen molar-refractivity contribution in [2.75, 3.05) is 39.5 Å². The van der Waals surface area contributed by atoms with Crippen molar-refractivity contribution in [3.05, 3.63) is 12.2 Å². The van der Waals surface area contributed by atoms with Gasteiger partial charge in [0, 0.05) is 25.1 Å². The number of carbonyl (C=O) groups is 2. The van der Waals surface area contributed by atoms with Crippen LogP contribution in [0.4, 0.5) is 0 Å². The Labute approximate surface area is 249 Å². The number of amides is 2. The van der Waals surface area contributed by atoms with Crippen molar-refractivity contribution in [1.82, 2.24) is 10.6 Å². The van der Waals surface area contributed by atoms with Crippen molar-refractivity contribution in [3.8, 4) is 0 Å². The Morgan fingerprint density at radius 2 is 1.56 bits per heavy atom. The van der Waals surface area contributed by atoms with Crippen molar-refractivity contribution in [3.63, 3.8) is 0 Å². The minimum absolute atomic E-state index is 0.0701. The third-order valence-electron chi connectivity index (χ3n) is 12.1. The van der Waals surface area contributed by atoms with Gasteiger partial charge in [0.1, 0.15) is 0 Å². The second kappa shape index (κ2) is 14.4. The first kappa shape index (κ1) is 32.5. The van der Waals surface area contributed by atoms with Gasteiger partial charge in [0.2, 0.25) is 11.8 Å². The second-order valence-electron chi connectivity index (χ2n) is 14.4. The molecule has 4 saturated carbocycles. The Morgan fingerprint density at radius 1 is 0.902 bits per heavy atom. The molecule has 7 heteroatoms. The zero-order chi connectivity index (χ0) is 29.6. The molecule has 234 valence electrons. The molecule has 0 aliphatic heterocycles. The molecular weight excluding hydrogens is 516 g/mol. The number of hydrogen-bond donors (Lipinski definition) is 3. The summed E-state index contributed by atoms with van der Waals surface area (Å²) < 4.78 is 11.0. The Bertz CT molecular complexity index is 910. The molecule has 2 amide bonds. The highest BCUT2D eigenvalue weighted by atomic mass is 16.5. The van der Waals surface area contributed by atoms with Crippen LogP contribution in [0.1, 0.15) is 98.3 Å². The fraction of sp³-hybridized carbons (Fsp3) is 0.882. The number of nitrogens with one attached hydrogen (secondary N) is 2. The molecule has 41 heavy (non-hydrogen) atoms. The van der Waals surface area contributed by atoms with E-state index < -0.39 is 0 Å². The van der Waals surface area contributed by atoms with Gasteiger partial charge in [-0.1, -0.05) is 27.4 Å². The molecule has 0 radical (unpaired) electrons. The summed E-state index contributed by atoms with van der Waals surface area (Å²) in [5.41, 5.74) is 1.34. The molecule has 4 rings (SSSR count). The first-order valence-electron chi connectivity index (χ1n) is 16.6. The number of carbonyl (C=O) groups excluding carboxylic acids is 2. The van der Waals surface area contributed by atoms with Gasteiger partial charge >= 0.3 is 0 Å². The Balaban J connectivity index is 1.11. The summed E-state index contributed by atoms with van der Waals surface area (Å²) in [5, 5.41) is 16.1. The minimum Gasteiger partial charge on any atom is -0.393 e. The molecule has 0 heterocycles. The van der Waals surface area contributed by atoms with Crippen LogP contribution in [0.3, 0.4) is 0 Å². The Kier molecular flexibility index (Phi) is 11.4. The predicted molar refractivity (Wildman–Crippen MR) is 162 cm³/mol. The molecule has 4 fully saturated rings. The highest BCUT2D eigenvalue weighted by Gasteiger charge is 2.60. The summed E-state index contributed by atoms with van der Waals surface area (Å²) in [5.74, 6) is 4.51. The molecule has 0 aromatic carbocycles. The van der Waals surface area contributed by atoms with Crippen LogP contribution in [0.2, 0.25) is 0 Å². The van der Waals surface area contributed by atoms with Crippen LogP contribution < -0.4 is 10.6 Å². The van der Waals surface area contributed by atoms with Gasteiger partial charge in [0.25, 0.3) is 0 Å². The normalized spacial score (nSPS) is 36.9. The van der Waals surface area contributed by atoms with E-state index >= 15 is 0 Å². The maximum atomic E-state index is 12.6. The zero-order valence-electron chi connectivity index (χ0n) is 26.3. The third kappa shape index (κ3) is 7.56. The minimum atomic E-state index is -0.155. The fourth-order valence-electron chi connectivity index (χ4n) is 9.83. The predicted octanol–water partition coefficient (Wildman–Crippen LogP) is 5.26. The van der Waals surface area contributed by atoms with Gasteiger partial charge in [-0.05, 0) is 117 Å². The van der Waals surface area contributed by atoms with Crippen LogP contribution in [-0.2, 0) is 19.1 Å². The van der Waals surface area contributed by atoms with Crippen molar-refractivity contribution in [1.29, 1.82) is 0 Å². The molecule has 5 unspecified atom stereocenters. The lowest BCUT2D eigenvalue weighted by Gasteiger charge is -2.61. The first-order chi connectivity index (χ1) is 19.6. The summed E-state index contributed by atoms with van der Waals surface area (Å²) in [6.45, 7) is 15.6. The highest BCUT2D eigenvalue weighted by molar-refractivity contribution is 5.92. The van der Waals surface area contributed by atoms with E-state index in [1.54, 1.807) is 6.92 Å². The SMILES string of the molecule is C=C(C)C(=O)NCCOCCOCCNC(=O)CCC(C)[C@H]1CCC2C3CCC4C[C@H](O)CC[C@]4(C)C3CC[C@@]21C. The van der Waals surface area contributed by atoms with Crippen molar-refractivity contribution >= 4 is 11.8 Å². The van der Waals surface area contributed by atoms with Crippen molar-refractivity contribution in [2.24, 2.45) is 46.3 Å². The summed E-state index contributed by atoms with van der Waals surface area (Å²) in [6.07, 6.45) is 12.8. The van der Waals surface area contributed by atoms with Crippen molar-refractivity contribution < 1.29 is 24.2 Å². The quantitative estimate of drug-likeness (QED) is 0.194. The Morgan fingerprint density at radius 3 is 2.27 bits per heavy atom. The molecule has 0 spiro atoms. The van der Waals surface area contributed by atoms with Gasteiger partial charge in [0.05, 0.1) is 32.5 Å². The molecule has 0 aromatic heterocycles. The van der Waals surface area contributed by atoms with Gasteiger partial charge in [-0.2, -0.15) is 0 Å². The molecule has 3 N–H and O–H groups in total. The Hall–Kier alpha value is -1.44. The van der Waals surface area contributed by atoms with E-state index in [4.69, 9.17) is 9.47 Å². The molecule has 9 atom stereocenters. The van der Waals surface area contributed by atoms with Crippen LogP contribution in [0, 0.1) is 46.3 Å². The highest BCUT2D eigenvalue weighted by Crippen LogP contribution is 2.68. The maximum absolute atomic E-state index is 12.6. The average molecular weight is 575 g/mol. The summed E-state index contributed by atoms with van der Waals surface area (Å²) >= 11 is 0. The van der Waals surface area contributed by atoms with E-state index in [0.717, 1.165) is 48.9 Å². The summed E-state index contributed by atoms with van der Waals surface area (Å²) in [6, 6.07) is 0. The smallest absolute Gasteiger partial charge is 0.246 e. The summed E-state index contributed by atoms with van der Waals surface area (Å²) in [7, 11) is 0. The van der Waals surface area contributed by atoms with Gasteiger partial charge in [-0.3, -0.25) is 9.59 Å². The van der Waals surface area contributed by atoms with E-state index in [1.807, 2.05) is 0 Å². The lowest BCUT2D eigenvalue weighted by atomic mass is 9.44. The fourth-order valence-corrected chi connectivity index (χ4v) is 9.83. The first-order valence-corrected chi connectivity index (χ1v) is 16.6. The molecule has 4 aliphatic carbocycles. The molecule has 0 aromatic rings. The summed E-state index contributed by atoms with van der Waals surface area (Å²) in [4.78, 5) is 24.0. The van der Waals surface area contributed by atoms with E-state index in [-0.39, 0.29) is 17.9 Å². The lowest BCUT2D eigenvalue weighted by molar-refractivity contribution is -0.130. The molecule has 7 nitrogen and oxygen atoms in total. The molecule has 0 bridgehead atoms. The molecule has 0 saturated heterocycles. The van der Waals surface area contributed by atoms with E-state index in [1.165, 1.54) is 44.9 Å². The van der Waals surface area contributed by atoms with Gasteiger partial charge in [-0.25, -0.2) is 0 Å². The number of ether oxygens (including phenoxy) is 2. The van der Waals surface area contributed by atoms with Crippen LogP contribution >= 0.6 is 0 Å². The van der Waals surface area contributed by atoms with Gasteiger partial charge in [0.15, 0.2) is 0 Å². The van der Waals surface area contributed by atoms with E-state index in [9.17, 15) is 14.7 Å². The maximum Gasteiger partial charge on any atom is 0.246 e.